The van der Waals surface area contributed by atoms with E-state index in [-0.39, 0.29) is 10.6 Å². The monoisotopic (exact) mass is 334 g/mol. The molecule has 1 aliphatic carbocycles. The molecule has 0 saturated heterocycles. The third-order valence-electron chi connectivity index (χ3n) is 3.96. The molecule has 7 heteroatoms. The van der Waals surface area contributed by atoms with Gasteiger partial charge in [0.1, 0.15) is 5.82 Å². The van der Waals surface area contributed by atoms with E-state index in [0.717, 1.165) is 37.0 Å². The lowest BCUT2D eigenvalue weighted by molar-refractivity contribution is -0.137. The summed E-state index contributed by atoms with van der Waals surface area (Å²) in [5, 5.41) is 0. The Morgan fingerprint density at radius 2 is 2.10 bits per heavy atom. The van der Waals surface area contributed by atoms with Gasteiger partial charge < -0.3 is 4.57 Å². The number of nitrogens with zero attached hydrogens (tertiary/aromatic N) is 2. The Labute approximate surface area is 129 Å². The van der Waals surface area contributed by atoms with Gasteiger partial charge in [-0.25, -0.2) is 4.98 Å². The van der Waals surface area contributed by atoms with Gasteiger partial charge in [-0.1, -0.05) is 0 Å². The molecule has 1 saturated carbocycles. The van der Waals surface area contributed by atoms with Crippen LogP contribution in [0.5, 0.6) is 0 Å². The number of fused-ring (bicyclic) bond motifs is 1. The fourth-order valence-corrected chi connectivity index (χ4v) is 3.46. The van der Waals surface area contributed by atoms with Crippen LogP contribution < -0.4 is 0 Å². The zero-order chi connectivity index (χ0) is 15.3. The maximum absolute atomic E-state index is 12.8. The van der Waals surface area contributed by atoms with Crippen LogP contribution in [0, 0.1) is 0 Å². The van der Waals surface area contributed by atoms with E-state index in [1.807, 2.05) is 4.57 Å². The molecule has 1 aromatic heterocycles. The molecular weight excluding hydrogens is 321 g/mol. The summed E-state index contributed by atoms with van der Waals surface area (Å²) in [5.41, 5.74) is 0.406. The fraction of sp³-hybridized carbons (Fsp3) is 0.500. The van der Waals surface area contributed by atoms with Gasteiger partial charge in [0, 0.05) is 11.3 Å². The Bertz CT molecular complexity index is 677. The van der Waals surface area contributed by atoms with Crippen LogP contribution in [0.2, 0.25) is 0 Å². The minimum Gasteiger partial charge on any atom is -0.326 e. The molecule has 2 aromatic rings. The highest BCUT2D eigenvalue weighted by atomic mass is 35.5. The van der Waals surface area contributed by atoms with E-state index in [0.29, 0.717) is 11.3 Å². The van der Waals surface area contributed by atoms with Crippen molar-refractivity contribution in [2.45, 2.75) is 36.2 Å². The summed E-state index contributed by atoms with van der Waals surface area (Å²) in [6, 6.07) is 3.70. The molecule has 0 N–H and O–H groups in total. The van der Waals surface area contributed by atoms with Gasteiger partial charge in [-0.05, 0) is 37.3 Å². The van der Waals surface area contributed by atoms with E-state index >= 15 is 0 Å². The number of hydrogen-bond acceptors (Lipinski definition) is 2. The smallest absolute Gasteiger partial charge is 0.326 e. The van der Waals surface area contributed by atoms with Gasteiger partial charge in [0.25, 0.3) is 0 Å². The van der Waals surface area contributed by atoms with Crippen LogP contribution in [0.1, 0.15) is 24.2 Å². The predicted octanol–water partition coefficient (Wildman–Crippen LogP) is 4.69. The highest BCUT2D eigenvalue weighted by Crippen LogP contribution is 2.49. The van der Waals surface area contributed by atoms with Crippen LogP contribution in [0.15, 0.2) is 18.2 Å². The molecule has 1 heterocycles. The second-order valence-corrected chi connectivity index (χ2v) is 6.88. The molecule has 0 radical (unpaired) electrons. The molecule has 2 nitrogen and oxygen atoms in total. The van der Waals surface area contributed by atoms with E-state index in [9.17, 15) is 13.2 Å². The lowest BCUT2D eigenvalue weighted by Crippen LogP contribution is -2.15. The second kappa shape index (κ2) is 5.09. The Hall–Kier alpha value is -0.880. The van der Waals surface area contributed by atoms with Crippen molar-refractivity contribution in [1.29, 1.82) is 0 Å². The summed E-state index contributed by atoms with van der Waals surface area (Å²) in [4.78, 5) is 4.27. The fourth-order valence-electron chi connectivity index (χ4n) is 2.49. The average molecular weight is 335 g/mol. The topological polar surface area (TPSA) is 17.8 Å². The van der Waals surface area contributed by atoms with Crippen molar-refractivity contribution < 1.29 is 13.2 Å². The SMILES string of the molecule is CSC1(Cn2c(CCl)nc3cc(C(F)(F)F)ccc32)CC1. The first-order valence-corrected chi connectivity index (χ1v) is 8.32. The summed E-state index contributed by atoms with van der Waals surface area (Å²) in [5.74, 6) is 0.826. The summed E-state index contributed by atoms with van der Waals surface area (Å²) < 4.78 is 40.5. The van der Waals surface area contributed by atoms with E-state index < -0.39 is 11.7 Å². The van der Waals surface area contributed by atoms with Crippen molar-refractivity contribution in [2.24, 2.45) is 0 Å². The first kappa shape index (κ1) is 15.0. The van der Waals surface area contributed by atoms with Crippen LogP contribution in [0.4, 0.5) is 13.2 Å². The lowest BCUT2D eigenvalue weighted by Gasteiger charge is -2.15. The van der Waals surface area contributed by atoms with Crippen molar-refractivity contribution in [3.63, 3.8) is 0 Å². The summed E-state index contributed by atoms with van der Waals surface area (Å²) in [7, 11) is 0. The number of rotatable bonds is 4. The maximum Gasteiger partial charge on any atom is 0.416 e. The lowest BCUT2D eigenvalue weighted by atomic mass is 10.2. The molecule has 1 aliphatic rings. The van der Waals surface area contributed by atoms with Crippen molar-refractivity contribution in [3.8, 4) is 0 Å². The number of halogens is 4. The van der Waals surface area contributed by atoms with Crippen LogP contribution in [-0.4, -0.2) is 20.6 Å². The van der Waals surface area contributed by atoms with Crippen molar-refractivity contribution >= 4 is 34.4 Å². The van der Waals surface area contributed by atoms with E-state index in [1.54, 1.807) is 11.8 Å². The molecular formula is C14H14ClF3N2S. The normalized spacial score (nSPS) is 17.4. The molecule has 0 atom stereocenters. The van der Waals surface area contributed by atoms with Gasteiger partial charge in [0.05, 0.1) is 22.5 Å². The Morgan fingerprint density at radius 1 is 1.38 bits per heavy atom. The zero-order valence-electron chi connectivity index (χ0n) is 11.4. The number of benzene rings is 1. The Balaban J connectivity index is 2.07. The van der Waals surface area contributed by atoms with Gasteiger partial charge in [0.2, 0.25) is 0 Å². The number of imidazole rings is 1. The van der Waals surface area contributed by atoms with Crippen LogP contribution >= 0.6 is 23.4 Å². The van der Waals surface area contributed by atoms with Crippen LogP contribution in [0.3, 0.4) is 0 Å². The van der Waals surface area contributed by atoms with Crippen molar-refractivity contribution in [3.05, 3.63) is 29.6 Å². The third-order valence-corrected chi connectivity index (χ3v) is 5.60. The van der Waals surface area contributed by atoms with Crippen LogP contribution in [-0.2, 0) is 18.6 Å². The summed E-state index contributed by atoms with van der Waals surface area (Å²) in [6.07, 6.45) is -0.0449. The molecule has 0 amide bonds. The standard InChI is InChI=1S/C14H14ClF3N2S/c1-21-13(4-5-13)8-20-11-3-2-9(14(16,17)18)6-10(11)19-12(20)7-15/h2-3,6H,4-5,7-8H2,1H3. The van der Waals surface area contributed by atoms with Gasteiger partial charge in [-0.2, -0.15) is 24.9 Å². The van der Waals surface area contributed by atoms with Gasteiger partial charge in [-0.15, -0.1) is 11.6 Å². The maximum atomic E-state index is 12.8. The second-order valence-electron chi connectivity index (χ2n) is 5.34. The Morgan fingerprint density at radius 3 is 2.62 bits per heavy atom. The predicted molar refractivity (Wildman–Crippen MR) is 79.8 cm³/mol. The largest absolute Gasteiger partial charge is 0.416 e. The van der Waals surface area contributed by atoms with Crippen molar-refractivity contribution in [2.75, 3.05) is 6.26 Å². The van der Waals surface area contributed by atoms with Crippen molar-refractivity contribution in [1.82, 2.24) is 9.55 Å². The average Bonchev–Trinajstić information content (AvgIpc) is 3.13. The molecule has 0 bridgehead atoms. The van der Waals surface area contributed by atoms with Crippen LogP contribution in [0.25, 0.3) is 11.0 Å². The molecule has 0 unspecified atom stereocenters. The first-order chi connectivity index (χ1) is 9.88. The minimum absolute atomic E-state index is 0.192. The summed E-state index contributed by atoms with van der Waals surface area (Å²) in [6.45, 7) is 0.748. The van der Waals surface area contributed by atoms with E-state index in [1.165, 1.54) is 6.07 Å². The molecule has 1 fully saturated rings. The van der Waals surface area contributed by atoms with Gasteiger partial charge in [-0.3, -0.25) is 0 Å². The number of thioether (sulfide) groups is 1. The molecule has 114 valence electrons. The zero-order valence-corrected chi connectivity index (χ0v) is 12.9. The quantitative estimate of drug-likeness (QED) is 0.755. The summed E-state index contributed by atoms with van der Waals surface area (Å²) >= 11 is 7.71. The highest BCUT2D eigenvalue weighted by molar-refractivity contribution is 8.00. The number of hydrogen-bond donors (Lipinski definition) is 0. The molecule has 21 heavy (non-hydrogen) atoms. The van der Waals surface area contributed by atoms with Gasteiger partial charge >= 0.3 is 6.18 Å². The number of aromatic nitrogens is 2. The highest BCUT2D eigenvalue weighted by Gasteiger charge is 2.43. The molecule has 1 aromatic carbocycles. The van der Waals surface area contributed by atoms with Gasteiger partial charge in [0.15, 0.2) is 0 Å². The molecule has 3 rings (SSSR count). The molecule has 0 spiro atoms. The van der Waals surface area contributed by atoms with E-state index in [4.69, 9.17) is 11.6 Å². The minimum atomic E-state index is -4.35. The third kappa shape index (κ3) is 2.75. The number of alkyl halides is 4. The van der Waals surface area contributed by atoms with E-state index in [2.05, 4.69) is 11.2 Å². The molecule has 0 aliphatic heterocycles. The Kier molecular flexibility index (Phi) is 3.64. The first-order valence-electron chi connectivity index (χ1n) is 6.56.